The Kier molecular flexibility index (Phi) is 6.42. The maximum absolute atomic E-state index is 11.9. The molecule has 2 heterocycles. The second kappa shape index (κ2) is 7.95. The van der Waals surface area contributed by atoms with Crippen LogP contribution >= 0.6 is 0 Å². The molecule has 0 aromatic carbocycles. The van der Waals surface area contributed by atoms with Gasteiger partial charge in [-0.2, -0.15) is 0 Å². The van der Waals surface area contributed by atoms with Gasteiger partial charge >= 0.3 is 5.97 Å². The van der Waals surface area contributed by atoms with Gasteiger partial charge in [-0.1, -0.05) is 12.8 Å². The van der Waals surface area contributed by atoms with E-state index in [1.54, 1.807) is 27.2 Å². The van der Waals surface area contributed by atoms with Gasteiger partial charge < -0.3 is 23.7 Å². The van der Waals surface area contributed by atoms with Crippen LogP contribution in [-0.2, 0) is 28.5 Å². The molecular formula is C18H30O6. The summed E-state index contributed by atoms with van der Waals surface area (Å²) in [6, 6.07) is 0. The number of carbonyl (C=O) groups excluding carboxylic acids is 1. The molecule has 6 heteroatoms. The lowest BCUT2D eigenvalue weighted by Crippen LogP contribution is -2.64. The molecule has 1 fully saturated rings. The Labute approximate surface area is 144 Å². The van der Waals surface area contributed by atoms with Crippen molar-refractivity contribution in [2.24, 2.45) is 0 Å². The number of rotatable bonds is 2. The van der Waals surface area contributed by atoms with E-state index >= 15 is 0 Å². The molecule has 2 aliphatic rings. The summed E-state index contributed by atoms with van der Waals surface area (Å²) in [5, 5.41) is 0. The second-order valence-corrected chi connectivity index (χ2v) is 6.78. The van der Waals surface area contributed by atoms with Gasteiger partial charge in [-0.15, -0.1) is 0 Å². The molecule has 138 valence electrons. The molecule has 24 heavy (non-hydrogen) atoms. The van der Waals surface area contributed by atoms with Crippen molar-refractivity contribution in [2.45, 2.75) is 82.8 Å². The number of carbonyl (C=O) groups is 1. The molecule has 0 bridgehead atoms. The van der Waals surface area contributed by atoms with Crippen molar-refractivity contribution in [1.82, 2.24) is 0 Å². The zero-order valence-corrected chi connectivity index (χ0v) is 15.4. The molecule has 0 unspecified atom stereocenters. The minimum absolute atomic E-state index is 0.0677. The highest BCUT2D eigenvalue weighted by atomic mass is 16.8. The lowest BCUT2D eigenvalue weighted by Gasteiger charge is -2.51. The van der Waals surface area contributed by atoms with Gasteiger partial charge in [0.05, 0.1) is 12.2 Å². The monoisotopic (exact) mass is 342 g/mol. The quantitative estimate of drug-likeness (QED) is 0.719. The molecule has 1 saturated heterocycles. The van der Waals surface area contributed by atoms with Crippen LogP contribution in [0.25, 0.3) is 0 Å². The van der Waals surface area contributed by atoms with Crippen LogP contribution in [-0.4, -0.2) is 50.1 Å². The molecule has 0 saturated carbocycles. The number of esters is 1. The lowest BCUT2D eigenvalue weighted by molar-refractivity contribution is -0.442. The van der Waals surface area contributed by atoms with E-state index in [0.29, 0.717) is 0 Å². The van der Waals surface area contributed by atoms with Crippen molar-refractivity contribution < 1.29 is 28.5 Å². The molecule has 0 aromatic heterocycles. The number of hydrogen-bond acceptors (Lipinski definition) is 6. The maximum atomic E-state index is 11.9. The van der Waals surface area contributed by atoms with Gasteiger partial charge in [0.25, 0.3) is 0 Å². The first kappa shape index (κ1) is 19.4. The van der Waals surface area contributed by atoms with E-state index < -0.39 is 17.7 Å². The van der Waals surface area contributed by atoms with Gasteiger partial charge in [-0.3, -0.25) is 0 Å². The first-order chi connectivity index (χ1) is 11.3. The molecular weight excluding hydrogens is 312 g/mol. The minimum atomic E-state index is -1.08. The third-order valence-electron chi connectivity index (χ3n) is 5.05. The van der Waals surface area contributed by atoms with Gasteiger partial charge in [-0.05, 0) is 46.1 Å². The number of ether oxygens (including phenoxy) is 5. The standard InChI is InChI=1S/C18H30O6/c1-13-9-7-6-8-10-14-15(11-12-16(19)22-13)24-18(3,21-5)17(2,20-4)23-14/h11-15H,6-10H2,1-5H3/b12-11+/t13-,14+,15+,17-,18-/m1/s1. The predicted molar refractivity (Wildman–Crippen MR) is 88.4 cm³/mol. The van der Waals surface area contributed by atoms with Crippen LogP contribution in [0, 0.1) is 0 Å². The van der Waals surface area contributed by atoms with Crippen LogP contribution in [0.5, 0.6) is 0 Å². The van der Waals surface area contributed by atoms with Gasteiger partial charge in [0.15, 0.2) is 0 Å². The SMILES string of the molecule is CO[C@]1(C)O[C@H]2/C=C/C(=O)O[C@H](C)CCCCC[C@@H]2O[C@@]1(C)OC. The summed E-state index contributed by atoms with van der Waals surface area (Å²) in [6.07, 6.45) is 7.25. The van der Waals surface area contributed by atoms with E-state index in [4.69, 9.17) is 23.7 Å². The summed E-state index contributed by atoms with van der Waals surface area (Å²) in [7, 11) is 3.13. The summed E-state index contributed by atoms with van der Waals surface area (Å²) in [5.74, 6) is -2.46. The van der Waals surface area contributed by atoms with Gasteiger partial charge in [-0.25, -0.2) is 4.79 Å². The second-order valence-electron chi connectivity index (χ2n) is 6.78. The molecule has 0 N–H and O–H groups in total. The largest absolute Gasteiger partial charge is 0.460 e. The zero-order valence-electron chi connectivity index (χ0n) is 15.4. The Morgan fingerprint density at radius 2 is 1.67 bits per heavy atom. The fraction of sp³-hybridized carbons (Fsp3) is 0.833. The summed E-state index contributed by atoms with van der Waals surface area (Å²) >= 11 is 0. The maximum Gasteiger partial charge on any atom is 0.330 e. The minimum Gasteiger partial charge on any atom is -0.460 e. The molecule has 0 spiro atoms. The van der Waals surface area contributed by atoms with E-state index in [9.17, 15) is 4.79 Å². The van der Waals surface area contributed by atoms with E-state index in [0.717, 1.165) is 32.1 Å². The zero-order chi connectivity index (χ0) is 17.8. The number of methoxy groups -OCH3 is 2. The van der Waals surface area contributed by atoms with E-state index in [2.05, 4.69) is 0 Å². The highest BCUT2D eigenvalue weighted by Crippen LogP contribution is 2.40. The van der Waals surface area contributed by atoms with Crippen molar-refractivity contribution >= 4 is 5.97 Å². The predicted octanol–water partition coefficient (Wildman–Crippen LogP) is 2.95. The van der Waals surface area contributed by atoms with Gasteiger partial charge in [0, 0.05) is 20.3 Å². The number of hydrogen-bond donors (Lipinski definition) is 0. The third-order valence-corrected chi connectivity index (χ3v) is 5.05. The average molecular weight is 342 g/mol. The Morgan fingerprint density at radius 1 is 1.04 bits per heavy atom. The highest BCUT2D eigenvalue weighted by Gasteiger charge is 2.55. The number of cyclic esters (lactones) is 1. The molecule has 2 rings (SSSR count). The third kappa shape index (κ3) is 4.17. The molecule has 5 atom stereocenters. The molecule has 6 nitrogen and oxygen atoms in total. The van der Waals surface area contributed by atoms with Crippen molar-refractivity contribution in [2.75, 3.05) is 14.2 Å². The Morgan fingerprint density at radius 3 is 2.33 bits per heavy atom. The summed E-state index contributed by atoms with van der Waals surface area (Å²) in [5.41, 5.74) is 0. The van der Waals surface area contributed by atoms with Crippen molar-refractivity contribution in [3.8, 4) is 0 Å². The molecule has 0 amide bonds. The molecule has 0 aromatic rings. The van der Waals surface area contributed by atoms with Crippen LogP contribution in [0.15, 0.2) is 12.2 Å². The van der Waals surface area contributed by atoms with Gasteiger partial charge in [0.2, 0.25) is 11.6 Å². The Bertz CT molecular complexity index is 464. The van der Waals surface area contributed by atoms with Crippen molar-refractivity contribution in [3.05, 3.63) is 12.2 Å². The van der Waals surface area contributed by atoms with E-state index in [1.165, 1.54) is 6.08 Å². The molecule has 0 radical (unpaired) electrons. The van der Waals surface area contributed by atoms with E-state index in [1.807, 2.05) is 13.8 Å². The summed E-state index contributed by atoms with van der Waals surface area (Å²) in [4.78, 5) is 11.9. The van der Waals surface area contributed by atoms with Crippen LogP contribution in [0.2, 0.25) is 0 Å². The van der Waals surface area contributed by atoms with Crippen LogP contribution in [0.1, 0.15) is 52.9 Å². The molecule has 0 aliphatic carbocycles. The summed E-state index contributed by atoms with van der Waals surface area (Å²) < 4.78 is 28.8. The normalized spacial score (nSPS) is 43.0. The van der Waals surface area contributed by atoms with Gasteiger partial charge in [0.1, 0.15) is 6.10 Å². The van der Waals surface area contributed by atoms with Crippen LogP contribution in [0.4, 0.5) is 0 Å². The topological polar surface area (TPSA) is 63.2 Å². The smallest absolute Gasteiger partial charge is 0.330 e. The first-order valence-electron chi connectivity index (χ1n) is 8.68. The van der Waals surface area contributed by atoms with E-state index in [-0.39, 0.29) is 18.2 Å². The Hall–Kier alpha value is -0.950. The van der Waals surface area contributed by atoms with Crippen molar-refractivity contribution in [1.29, 1.82) is 0 Å². The fourth-order valence-electron chi connectivity index (χ4n) is 3.18. The highest BCUT2D eigenvalue weighted by molar-refractivity contribution is 5.82. The Balaban J connectivity index is 2.23. The van der Waals surface area contributed by atoms with Crippen molar-refractivity contribution in [3.63, 3.8) is 0 Å². The number of fused-ring (bicyclic) bond motifs is 1. The summed E-state index contributed by atoms with van der Waals surface area (Å²) in [6.45, 7) is 5.51. The average Bonchev–Trinajstić information content (AvgIpc) is 2.55. The fourth-order valence-corrected chi connectivity index (χ4v) is 3.18. The molecule has 2 aliphatic heterocycles. The van der Waals surface area contributed by atoms with Crippen LogP contribution in [0.3, 0.4) is 0 Å². The first-order valence-corrected chi connectivity index (χ1v) is 8.68. The van der Waals surface area contributed by atoms with Crippen LogP contribution < -0.4 is 0 Å². The lowest BCUT2D eigenvalue weighted by atomic mass is 9.98.